The molecule has 0 amide bonds. The summed E-state index contributed by atoms with van der Waals surface area (Å²) in [4.78, 5) is 1.24. The Morgan fingerprint density at radius 1 is 1.28 bits per heavy atom. The molecule has 0 bridgehead atoms. The lowest BCUT2D eigenvalue weighted by Gasteiger charge is -2.16. The molecule has 1 unspecified atom stereocenters. The smallest absolute Gasteiger partial charge is 0.0641 e. The fourth-order valence-electron chi connectivity index (χ4n) is 1.67. The van der Waals surface area contributed by atoms with Crippen molar-refractivity contribution in [2.24, 2.45) is 0 Å². The van der Waals surface area contributed by atoms with E-state index in [9.17, 15) is 0 Å². The van der Waals surface area contributed by atoms with Gasteiger partial charge in [-0.2, -0.15) is 0 Å². The number of nitrogens with one attached hydrogen (secondary N) is 1. The number of hydrogen-bond acceptors (Lipinski definition) is 2. The Morgan fingerprint density at radius 3 is 2.61 bits per heavy atom. The predicted octanol–water partition coefficient (Wildman–Crippen LogP) is 6.30. The standard InChI is InChI=1S/C13H12BrCl2NS/c1-7-5-11(16)12(6-10(7)15)17-8(2)13-9(14)3-4-18-13/h3-6,8,17H,1-2H3. The van der Waals surface area contributed by atoms with E-state index in [1.165, 1.54) is 4.88 Å². The average Bonchev–Trinajstić information content (AvgIpc) is 2.72. The van der Waals surface area contributed by atoms with Crippen LogP contribution in [0.3, 0.4) is 0 Å². The molecule has 1 heterocycles. The molecule has 1 aromatic heterocycles. The first kappa shape index (κ1) is 14.2. The zero-order valence-electron chi connectivity index (χ0n) is 9.93. The van der Waals surface area contributed by atoms with Crippen LogP contribution in [-0.2, 0) is 0 Å². The Kier molecular flexibility index (Phi) is 4.59. The maximum atomic E-state index is 6.22. The molecular formula is C13H12BrCl2NS. The van der Waals surface area contributed by atoms with Gasteiger partial charge in [0.05, 0.1) is 16.8 Å². The first-order valence-corrected chi connectivity index (χ1v) is 7.87. The van der Waals surface area contributed by atoms with E-state index < -0.39 is 0 Å². The number of benzene rings is 1. The van der Waals surface area contributed by atoms with Crippen LogP contribution in [-0.4, -0.2) is 0 Å². The van der Waals surface area contributed by atoms with Gasteiger partial charge in [0.2, 0.25) is 0 Å². The maximum absolute atomic E-state index is 6.22. The lowest BCUT2D eigenvalue weighted by atomic mass is 10.2. The van der Waals surface area contributed by atoms with E-state index in [1.54, 1.807) is 11.3 Å². The molecule has 2 aromatic rings. The van der Waals surface area contributed by atoms with Gasteiger partial charge in [-0.05, 0) is 58.9 Å². The molecule has 0 fully saturated rings. The van der Waals surface area contributed by atoms with Crippen LogP contribution in [0, 0.1) is 6.92 Å². The second kappa shape index (κ2) is 5.83. The molecule has 96 valence electrons. The van der Waals surface area contributed by atoms with E-state index in [4.69, 9.17) is 23.2 Å². The normalized spacial score (nSPS) is 12.5. The Labute approximate surface area is 129 Å². The van der Waals surface area contributed by atoms with Gasteiger partial charge in [0, 0.05) is 14.4 Å². The van der Waals surface area contributed by atoms with Crippen LogP contribution >= 0.6 is 50.5 Å². The molecule has 2 rings (SSSR count). The zero-order valence-corrected chi connectivity index (χ0v) is 13.8. The molecular weight excluding hydrogens is 353 g/mol. The van der Waals surface area contributed by atoms with Crippen LogP contribution < -0.4 is 5.32 Å². The Bertz CT molecular complexity index is 568. The van der Waals surface area contributed by atoms with Crippen molar-refractivity contribution in [2.75, 3.05) is 5.32 Å². The zero-order chi connectivity index (χ0) is 13.3. The van der Waals surface area contributed by atoms with Crippen LogP contribution in [0.25, 0.3) is 0 Å². The first-order valence-electron chi connectivity index (χ1n) is 5.44. The number of thiophene rings is 1. The molecule has 0 saturated carbocycles. The minimum absolute atomic E-state index is 0.177. The fourth-order valence-corrected chi connectivity index (χ4v) is 3.83. The average molecular weight is 365 g/mol. The molecule has 0 spiro atoms. The van der Waals surface area contributed by atoms with Crippen LogP contribution in [0.4, 0.5) is 5.69 Å². The van der Waals surface area contributed by atoms with Gasteiger partial charge in [0.15, 0.2) is 0 Å². The topological polar surface area (TPSA) is 12.0 Å². The number of rotatable bonds is 3. The van der Waals surface area contributed by atoms with Crippen molar-refractivity contribution in [2.45, 2.75) is 19.9 Å². The molecule has 1 atom stereocenters. The highest BCUT2D eigenvalue weighted by molar-refractivity contribution is 9.10. The monoisotopic (exact) mass is 363 g/mol. The molecule has 0 aliphatic carbocycles. The summed E-state index contributed by atoms with van der Waals surface area (Å²) in [5.41, 5.74) is 1.84. The minimum Gasteiger partial charge on any atom is -0.376 e. The predicted molar refractivity (Wildman–Crippen MR) is 85.3 cm³/mol. The highest BCUT2D eigenvalue weighted by Crippen LogP contribution is 2.34. The highest BCUT2D eigenvalue weighted by Gasteiger charge is 2.13. The van der Waals surface area contributed by atoms with Gasteiger partial charge in [0.1, 0.15) is 0 Å². The summed E-state index contributed by atoms with van der Waals surface area (Å²) in [7, 11) is 0. The number of anilines is 1. The van der Waals surface area contributed by atoms with Crippen molar-refractivity contribution in [3.63, 3.8) is 0 Å². The SMILES string of the molecule is Cc1cc(Cl)c(NC(C)c2sccc2Br)cc1Cl. The summed E-state index contributed by atoms with van der Waals surface area (Å²) in [5.74, 6) is 0. The molecule has 1 aromatic carbocycles. The third kappa shape index (κ3) is 3.02. The van der Waals surface area contributed by atoms with Gasteiger partial charge < -0.3 is 5.32 Å². The molecule has 5 heteroatoms. The fraction of sp³-hybridized carbons (Fsp3) is 0.231. The molecule has 0 radical (unpaired) electrons. The van der Waals surface area contributed by atoms with Crippen molar-refractivity contribution in [1.29, 1.82) is 0 Å². The van der Waals surface area contributed by atoms with E-state index in [1.807, 2.05) is 25.1 Å². The molecule has 0 aliphatic heterocycles. The van der Waals surface area contributed by atoms with Crippen molar-refractivity contribution in [1.82, 2.24) is 0 Å². The third-order valence-electron chi connectivity index (χ3n) is 2.66. The maximum Gasteiger partial charge on any atom is 0.0641 e. The summed E-state index contributed by atoms with van der Waals surface area (Å²) >= 11 is 17.6. The third-order valence-corrected chi connectivity index (χ3v) is 5.43. The van der Waals surface area contributed by atoms with Crippen molar-refractivity contribution < 1.29 is 0 Å². The molecule has 0 saturated heterocycles. The van der Waals surface area contributed by atoms with Crippen molar-refractivity contribution in [3.8, 4) is 0 Å². The summed E-state index contributed by atoms with van der Waals surface area (Å²) in [6.45, 7) is 4.04. The van der Waals surface area contributed by atoms with Crippen molar-refractivity contribution >= 4 is 56.2 Å². The van der Waals surface area contributed by atoms with Gasteiger partial charge in [0.25, 0.3) is 0 Å². The second-order valence-corrected chi connectivity index (χ2v) is 6.70. The van der Waals surface area contributed by atoms with E-state index in [2.05, 4.69) is 33.6 Å². The lowest BCUT2D eigenvalue weighted by Crippen LogP contribution is -2.06. The molecule has 1 N–H and O–H groups in total. The number of halogens is 3. The van der Waals surface area contributed by atoms with Gasteiger partial charge in [-0.1, -0.05) is 23.2 Å². The molecule has 18 heavy (non-hydrogen) atoms. The highest BCUT2D eigenvalue weighted by atomic mass is 79.9. The Hall–Kier alpha value is -0.220. The summed E-state index contributed by atoms with van der Waals surface area (Å²) in [6.07, 6.45) is 0. The number of aryl methyl sites for hydroxylation is 1. The van der Waals surface area contributed by atoms with Crippen LogP contribution in [0.5, 0.6) is 0 Å². The van der Waals surface area contributed by atoms with Crippen molar-refractivity contribution in [3.05, 3.63) is 48.5 Å². The van der Waals surface area contributed by atoms with Gasteiger partial charge >= 0.3 is 0 Å². The Morgan fingerprint density at radius 2 is 2.00 bits per heavy atom. The molecule has 0 aliphatic rings. The summed E-state index contributed by atoms with van der Waals surface area (Å²) in [5, 5.41) is 6.86. The van der Waals surface area contributed by atoms with E-state index in [-0.39, 0.29) is 6.04 Å². The lowest BCUT2D eigenvalue weighted by molar-refractivity contribution is 0.903. The van der Waals surface area contributed by atoms with Gasteiger partial charge in [-0.15, -0.1) is 11.3 Å². The molecule has 1 nitrogen and oxygen atoms in total. The van der Waals surface area contributed by atoms with Crippen LogP contribution in [0.2, 0.25) is 10.0 Å². The van der Waals surface area contributed by atoms with Crippen LogP contribution in [0.15, 0.2) is 28.1 Å². The largest absolute Gasteiger partial charge is 0.376 e. The van der Waals surface area contributed by atoms with E-state index >= 15 is 0 Å². The quantitative estimate of drug-likeness (QED) is 0.673. The second-order valence-electron chi connectivity index (χ2n) is 4.08. The van der Waals surface area contributed by atoms with E-state index in [0.717, 1.165) is 20.7 Å². The van der Waals surface area contributed by atoms with Gasteiger partial charge in [-0.3, -0.25) is 0 Å². The summed E-state index contributed by atoms with van der Waals surface area (Å²) in [6, 6.07) is 5.97. The van der Waals surface area contributed by atoms with Crippen LogP contribution in [0.1, 0.15) is 23.4 Å². The van der Waals surface area contributed by atoms with Gasteiger partial charge in [-0.25, -0.2) is 0 Å². The Balaban J connectivity index is 2.24. The number of hydrogen-bond donors (Lipinski definition) is 1. The minimum atomic E-state index is 0.177. The first-order chi connectivity index (χ1) is 8.49. The van der Waals surface area contributed by atoms with E-state index in [0.29, 0.717) is 5.02 Å². The summed E-state index contributed by atoms with van der Waals surface area (Å²) < 4.78 is 1.11.